The lowest BCUT2D eigenvalue weighted by molar-refractivity contribution is -0.139. The number of nitrogens with zero attached hydrogens (tertiary/aromatic N) is 4. The molecule has 1 aromatic heterocycles. The second kappa shape index (κ2) is 5.76. The van der Waals surface area contributed by atoms with E-state index in [9.17, 15) is 4.79 Å². The van der Waals surface area contributed by atoms with Gasteiger partial charge < -0.3 is 9.64 Å². The van der Waals surface area contributed by atoms with Gasteiger partial charge in [0.2, 0.25) is 5.91 Å². The lowest BCUT2D eigenvalue weighted by atomic mass is 9.74. The molecule has 1 N–H and O–H groups in total. The molecule has 5 rings (SSSR count). The van der Waals surface area contributed by atoms with Crippen LogP contribution in [0.3, 0.4) is 0 Å². The molecule has 3 saturated carbocycles. The van der Waals surface area contributed by atoms with Gasteiger partial charge in [0, 0.05) is 13.1 Å². The van der Waals surface area contributed by atoms with Gasteiger partial charge in [0.15, 0.2) is 5.82 Å². The van der Waals surface area contributed by atoms with E-state index in [2.05, 4.69) is 20.6 Å². The van der Waals surface area contributed by atoms with E-state index in [4.69, 9.17) is 4.74 Å². The van der Waals surface area contributed by atoms with Crippen molar-refractivity contribution in [2.75, 3.05) is 13.1 Å². The van der Waals surface area contributed by atoms with Gasteiger partial charge in [0.25, 0.3) is 0 Å². The predicted octanol–water partition coefficient (Wildman–Crippen LogP) is 1.96. The van der Waals surface area contributed by atoms with Crippen LogP contribution in [0.25, 0.3) is 0 Å². The fraction of sp³-hybridized carbons (Fsp3) is 0.889. The van der Waals surface area contributed by atoms with Crippen LogP contribution in [0.4, 0.5) is 0 Å². The van der Waals surface area contributed by atoms with Gasteiger partial charge in [-0.15, -0.1) is 10.2 Å². The first kappa shape index (κ1) is 15.7. The van der Waals surface area contributed by atoms with Crippen LogP contribution in [-0.2, 0) is 14.9 Å². The summed E-state index contributed by atoms with van der Waals surface area (Å²) in [6, 6.07) is 0. The zero-order chi connectivity index (χ0) is 16.9. The Kier molecular flexibility index (Phi) is 3.62. The molecule has 1 saturated heterocycles. The van der Waals surface area contributed by atoms with Crippen molar-refractivity contribution >= 4 is 5.91 Å². The molecule has 1 amide bonds. The second-order valence-corrected chi connectivity index (χ2v) is 8.49. The lowest BCUT2D eigenvalue weighted by Gasteiger charge is -2.37. The van der Waals surface area contributed by atoms with E-state index in [1.165, 1.54) is 32.1 Å². The van der Waals surface area contributed by atoms with Gasteiger partial charge in [0.1, 0.15) is 5.41 Å². The van der Waals surface area contributed by atoms with E-state index >= 15 is 0 Å². The molecule has 1 unspecified atom stereocenters. The van der Waals surface area contributed by atoms with E-state index in [1.54, 1.807) is 0 Å². The molecule has 1 spiro atoms. The number of hydrogen-bond donors (Lipinski definition) is 1. The largest absolute Gasteiger partial charge is 0.375 e. The van der Waals surface area contributed by atoms with Crippen molar-refractivity contribution in [1.82, 2.24) is 25.5 Å². The van der Waals surface area contributed by atoms with Gasteiger partial charge in [-0.05, 0) is 50.4 Å². The summed E-state index contributed by atoms with van der Waals surface area (Å²) in [6.45, 7) is 1.60. The summed E-state index contributed by atoms with van der Waals surface area (Å²) in [7, 11) is 0. The van der Waals surface area contributed by atoms with Gasteiger partial charge in [-0.1, -0.05) is 24.5 Å². The summed E-state index contributed by atoms with van der Waals surface area (Å²) >= 11 is 0. The Hall–Kier alpha value is -1.50. The number of amides is 1. The maximum Gasteiger partial charge on any atom is 0.237 e. The average Bonchev–Trinajstić information content (AvgIpc) is 2.99. The number of ether oxygens (including phenoxy) is 1. The minimum atomic E-state index is -0.503. The van der Waals surface area contributed by atoms with Gasteiger partial charge >= 0.3 is 0 Å². The number of rotatable bonds is 4. The summed E-state index contributed by atoms with van der Waals surface area (Å²) in [6.07, 6.45) is 12.1. The molecule has 0 aromatic carbocycles. The number of likely N-dealkylation sites (tertiary alicyclic amines) is 1. The van der Waals surface area contributed by atoms with Crippen molar-refractivity contribution in [3.8, 4) is 0 Å². The van der Waals surface area contributed by atoms with Crippen molar-refractivity contribution in [1.29, 1.82) is 0 Å². The van der Waals surface area contributed by atoms with Gasteiger partial charge in [0.05, 0.1) is 12.2 Å². The van der Waals surface area contributed by atoms with Crippen LogP contribution in [0, 0.1) is 5.41 Å². The second-order valence-electron chi connectivity index (χ2n) is 8.49. The molecular weight excluding hydrogens is 318 g/mol. The van der Waals surface area contributed by atoms with Crippen molar-refractivity contribution in [2.45, 2.75) is 81.8 Å². The molecule has 7 nitrogen and oxygen atoms in total. The van der Waals surface area contributed by atoms with Crippen LogP contribution in [0.1, 0.15) is 70.0 Å². The number of nitrogens with one attached hydrogen (secondary N) is 1. The highest BCUT2D eigenvalue weighted by Gasteiger charge is 2.77. The van der Waals surface area contributed by atoms with E-state index in [-0.39, 0.29) is 11.3 Å². The SMILES string of the molecule is O=C(N1CCC(OC2CCCC2)CC1)C1(c2nn[nH]n2)CC12CCC2. The average molecular weight is 345 g/mol. The van der Waals surface area contributed by atoms with Crippen LogP contribution in [0.2, 0.25) is 0 Å². The van der Waals surface area contributed by atoms with E-state index in [0.717, 1.165) is 45.2 Å². The Morgan fingerprint density at radius 2 is 1.80 bits per heavy atom. The van der Waals surface area contributed by atoms with Crippen molar-refractivity contribution in [2.24, 2.45) is 5.41 Å². The molecule has 2 heterocycles. The number of piperidine rings is 1. The normalized spacial score (nSPS) is 32.1. The minimum absolute atomic E-state index is 0.116. The van der Waals surface area contributed by atoms with E-state index < -0.39 is 5.41 Å². The molecule has 0 bridgehead atoms. The maximum absolute atomic E-state index is 13.4. The Labute approximate surface area is 147 Å². The number of carbonyl (C=O) groups is 1. The van der Waals surface area contributed by atoms with Crippen LogP contribution < -0.4 is 0 Å². The van der Waals surface area contributed by atoms with E-state index in [1.807, 2.05) is 4.90 Å². The molecule has 25 heavy (non-hydrogen) atoms. The molecule has 1 aliphatic heterocycles. The summed E-state index contributed by atoms with van der Waals surface area (Å²) in [5, 5.41) is 14.7. The zero-order valence-corrected chi connectivity index (χ0v) is 14.7. The Bertz CT molecular complexity index is 630. The van der Waals surface area contributed by atoms with Crippen molar-refractivity contribution < 1.29 is 9.53 Å². The lowest BCUT2D eigenvalue weighted by Crippen LogP contribution is -2.48. The molecule has 4 aliphatic rings. The Balaban J connectivity index is 1.25. The number of aromatic nitrogens is 4. The first-order chi connectivity index (χ1) is 12.2. The van der Waals surface area contributed by atoms with Gasteiger partial charge in [-0.2, -0.15) is 5.21 Å². The van der Waals surface area contributed by atoms with Crippen molar-refractivity contribution in [3.63, 3.8) is 0 Å². The highest BCUT2D eigenvalue weighted by Crippen LogP contribution is 2.74. The fourth-order valence-electron chi connectivity index (χ4n) is 5.49. The van der Waals surface area contributed by atoms with Gasteiger partial charge in [-0.25, -0.2) is 0 Å². The number of aromatic amines is 1. The molecule has 3 aliphatic carbocycles. The molecule has 0 radical (unpaired) electrons. The summed E-state index contributed by atoms with van der Waals surface area (Å²) in [4.78, 5) is 15.4. The Morgan fingerprint density at radius 1 is 1.08 bits per heavy atom. The third kappa shape index (κ3) is 2.34. The fourth-order valence-corrected chi connectivity index (χ4v) is 5.49. The Morgan fingerprint density at radius 3 is 2.36 bits per heavy atom. The van der Waals surface area contributed by atoms with Crippen LogP contribution in [0.15, 0.2) is 0 Å². The highest BCUT2D eigenvalue weighted by molar-refractivity contribution is 5.92. The molecular formula is C18H27N5O2. The van der Waals surface area contributed by atoms with E-state index in [0.29, 0.717) is 18.0 Å². The zero-order valence-electron chi connectivity index (χ0n) is 14.7. The minimum Gasteiger partial charge on any atom is -0.375 e. The smallest absolute Gasteiger partial charge is 0.237 e. The standard InChI is InChI=1S/C18H27N5O2/c24-16(18(15-19-21-22-20-15)12-17(18)8-3-9-17)23-10-6-14(7-11-23)25-13-4-1-2-5-13/h13-14H,1-12H2,(H,19,20,21,22). The summed E-state index contributed by atoms with van der Waals surface area (Å²) < 4.78 is 6.25. The third-order valence-electron chi connectivity index (χ3n) is 7.20. The van der Waals surface area contributed by atoms with Crippen LogP contribution >= 0.6 is 0 Å². The van der Waals surface area contributed by atoms with Crippen LogP contribution in [0.5, 0.6) is 0 Å². The number of tetrazole rings is 1. The van der Waals surface area contributed by atoms with Crippen molar-refractivity contribution in [3.05, 3.63) is 5.82 Å². The molecule has 4 fully saturated rings. The third-order valence-corrected chi connectivity index (χ3v) is 7.20. The number of carbonyl (C=O) groups excluding carboxylic acids is 1. The molecule has 136 valence electrons. The number of hydrogen-bond acceptors (Lipinski definition) is 5. The first-order valence-electron chi connectivity index (χ1n) is 9.92. The van der Waals surface area contributed by atoms with Crippen LogP contribution in [-0.4, -0.2) is 56.7 Å². The molecule has 1 aromatic rings. The molecule has 7 heteroatoms. The highest BCUT2D eigenvalue weighted by atomic mass is 16.5. The first-order valence-corrected chi connectivity index (χ1v) is 9.92. The predicted molar refractivity (Wildman–Crippen MR) is 89.7 cm³/mol. The summed E-state index contributed by atoms with van der Waals surface area (Å²) in [5.74, 6) is 0.842. The van der Waals surface area contributed by atoms with Gasteiger partial charge in [-0.3, -0.25) is 4.79 Å². The maximum atomic E-state index is 13.4. The number of H-pyrrole nitrogens is 1. The summed E-state index contributed by atoms with van der Waals surface area (Å²) in [5.41, 5.74) is -0.386. The quantitative estimate of drug-likeness (QED) is 0.902. The topological polar surface area (TPSA) is 84.0 Å². The monoisotopic (exact) mass is 345 g/mol. The molecule has 1 atom stereocenters.